The molecule has 1 rings (SSSR count). The highest BCUT2D eigenvalue weighted by atomic mass is 16.6. The summed E-state index contributed by atoms with van der Waals surface area (Å²) in [5.74, 6) is -1.41. The number of nitro benzene ring substituents is 1. The third-order valence-corrected chi connectivity index (χ3v) is 2.16. The average Bonchev–Trinajstić information content (AvgIpc) is 2.34. The van der Waals surface area contributed by atoms with E-state index in [4.69, 9.17) is 9.84 Å². The van der Waals surface area contributed by atoms with Gasteiger partial charge in [0.15, 0.2) is 6.61 Å². The Morgan fingerprint density at radius 1 is 1.47 bits per heavy atom. The molecule has 0 atom stereocenters. The first kappa shape index (κ1) is 14.4. The number of rotatable bonds is 6. The molecule has 0 aliphatic heterocycles. The van der Waals surface area contributed by atoms with E-state index in [0.29, 0.717) is 11.3 Å². The van der Waals surface area contributed by atoms with Gasteiger partial charge in [0, 0.05) is 12.1 Å². The predicted octanol–water partition coefficient (Wildman–Crippen LogP) is 0.483. The Morgan fingerprint density at radius 2 is 2.16 bits per heavy atom. The van der Waals surface area contributed by atoms with Crippen molar-refractivity contribution in [3.8, 4) is 5.75 Å². The quantitative estimate of drug-likeness (QED) is 0.572. The molecule has 1 amide bonds. The van der Waals surface area contributed by atoms with Gasteiger partial charge >= 0.3 is 5.97 Å². The maximum atomic E-state index is 11.2. The fourth-order valence-electron chi connectivity index (χ4n) is 1.28. The first-order valence-electron chi connectivity index (χ1n) is 5.26. The molecule has 0 aliphatic carbocycles. The number of nitrogens with zero attached hydrogens (tertiary/aromatic N) is 1. The summed E-state index contributed by atoms with van der Waals surface area (Å²) in [7, 11) is 0. The van der Waals surface area contributed by atoms with Gasteiger partial charge in [-0.15, -0.1) is 0 Å². The maximum absolute atomic E-state index is 11.2. The lowest BCUT2D eigenvalue weighted by Gasteiger charge is -2.08. The Kier molecular flexibility index (Phi) is 4.81. The molecule has 0 aromatic heterocycles. The van der Waals surface area contributed by atoms with E-state index in [0.717, 1.165) is 0 Å². The summed E-state index contributed by atoms with van der Waals surface area (Å²) in [6.45, 7) is 0.769. The smallest absolute Gasteiger partial charge is 0.322 e. The number of hydrogen-bond donors (Lipinski definition) is 2. The molecule has 0 saturated heterocycles. The van der Waals surface area contributed by atoms with Crippen LogP contribution >= 0.6 is 0 Å². The van der Waals surface area contributed by atoms with Crippen LogP contribution < -0.4 is 10.1 Å². The van der Waals surface area contributed by atoms with Gasteiger partial charge in [0.1, 0.15) is 12.3 Å². The van der Waals surface area contributed by atoms with E-state index in [1.165, 1.54) is 18.2 Å². The number of hydrogen-bond acceptors (Lipinski definition) is 5. The van der Waals surface area contributed by atoms with Crippen molar-refractivity contribution >= 4 is 17.6 Å². The molecular formula is C11H12N2O6. The molecule has 2 N–H and O–H groups in total. The maximum Gasteiger partial charge on any atom is 0.322 e. The van der Waals surface area contributed by atoms with Crippen LogP contribution in [0.1, 0.15) is 5.56 Å². The summed E-state index contributed by atoms with van der Waals surface area (Å²) in [4.78, 5) is 31.4. The van der Waals surface area contributed by atoms with Crippen molar-refractivity contribution in [2.45, 2.75) is 6.92 Å². The van der Waals surface area contributed by atoms with E-state index in [1.54, 1.807) is 6.92 Å². The molecule has 1 aromatic rings. The fourth-order valence-corrected chi connectivity index (χ4v) is 1.28. The molecule has 8 heteroatoms. The van der Waals surface area contributed by atoms with Crippen molar-refractivity contribution in [3.63, 3.8) is 0 Å². The third kappa shape index (κ3) is 4.62. The van der Waals surface area contributed by atoms with Crippen molar-refractivity contribution in [2.75, 3.05) is 13.2 Å². The lowest BCUT2D eigenvalue weighted by Crippen LogP contribution is -2.33. The number of aryl methyl sites for hydroxylation is 1. The number of benzene rings is 1. The van der Waals surface area contributed by atoms with Crippen LogP contribution in [0.25, 0.3) is 0 Å². The van der Waals surface area contributed by atoms with E-state index in [9.17, 15) is 19.7 Å². The number of carbonyl (C=O) groups is 2. The molecule has 0 spiro atoms. The lowest BCUT2D eigenvalue weighted by molar-refractivity contribution is -0.384. The van der Waals surface area contributed by atoms with Crippen molar-refractivity contribution in [3.05, 3.63) is 33.9 Å². The first-order chi connectivity index (χ1) is 8.90. The van der Waals surface area contributed by atoms with Gasteiger partial charge < -0.3 is 15.2 Å². The van der Waals surface area contributed by atoms with Crippen molar-refractivity contribution in [2.24, 2.45) is 0 Å². The van der Waals surface area contributed by atoms with E-state index >= 15 is 0 Å². The number of amides is 1. The number of carboxylic acid groups (broad SMARTS) is 1. The second-order valence-electron chi connectivity index (χ2n) is 3.67. The molecule has 0 unspecified atom stereocenters. The monoisotopic (exact) mass is 268 g/mol. The minimum Gasteiger partial charge on any atom is -0.484 e. The molecule has 0 radical (unpaired) electrons. The van der Waals surface area contributed by atoms with Crippen molar-refractivity contribution in [1.82, 2.24) is 5.32 Å². The highest BCUT2D eigenvalue weighted by Crippen LogP contribution is 2.22. The summed E-state index contributed by atoms with van der Waals surface area (Å²) in [5.41, 5.74) is 0.445. The molecule has 0 bridgehead atoms. The lowest BCUT2D eigenvalue weighted by atomic mass is 10.2. The Hall–Kier alpha value is -2.64. The Bertz CT molecular complexity index is 514. The van der Waals surface area contributed by atoms with Crippen LogP contribution in [0.5, 0.6) is 5.75 Å². The van der Waals surface area contributed by atoms with Crippen LogP contribution in [0.2, 0.25) is 0 Å². The topological polar surface area (TPSA) is 119 Å². The van der Waals surface area contributed by atoms with Crippen LogP contribution in [-0.4, -0.2) is 35.1 Å². The van der Waals surface area contributed by atoms with Crippen molar-refractivity contribution < 1.29 is 24.4 Å². The summed E-state index contributed by atoms with van der Waals surface area (Å²) in [5, 5.41) is 21.0. The van der Waals surface area contributed by atoms with Gasteiger partial charge in [-0.25, -0.2) is 0 Å². The van der Waals surface area contributed by atoms with Crippen LogP contribution in [-0.2, 0) is 9.59 Å². The Labute approximate surface area is 108 Å². The van der Waals surface area contributed by atoms with E-state index in [-0.39, 0.29) is 12.3 Å². The second kappa shape index (κ2) is 6.34. The highest BCUT2D eigenvalue weighted by molar-refractivity contribution is 5.82. The summed E-state index contributed by atoms with van der Waals surface area (Å²) in [6.07, 6.45) is 0. The first-order valence-corrected chi connectivity index (χ1v) is 5.26. The van der Waals surface area contributed by atoms with Crippen LogP contribution in [0.3, 0.4) is 0 Å². The number of aliphatic carboxylic acids is 1. The van der Waals surface area contributed by atoms with Gasteiger partial charge in [-0.1, -0.05) is 0 Å². The highest BCUT2D eigenvalue weighted by Gasteiger charge is 2.10. The molecule has 0 heterocycles. The largest absolute Gasteiger partial charge is 0.484 e. The molecule has 0 fully saturated rings. The Morgan fingerprint density at radius 3 is 2.68 bits per heavy atom. The van der Waals surface area contributed by atoms with E-state index in [1.807, 2.05) is 0 Å². The zero-order chi connectivity index (χ0) is 14.4. The van der Waals surface area contributed by atoms with Crippen molar-refractivity contribution in [1.29, 1.82) is 0 Å². The number of carbonyl (C=O) groups excluding carboxylic acids is 1. The zero-order valence-electron chi connectivity index (χ0n) is 10.1. The third-order valence-electron chi connectivity index (χ3n) is 2.16. The van der Waals surface area contributed by atoms with Crippen LogP contribution in [0.4, 0.5) is 5.69 Å². The molecule has 19 heavy (non-hydrogen) atoms. The number of non-ortho nitro benzene ring substituents is 1. The van der Waals surface area contributed by atoms with E-state index < -0.39 is 23.3 Å². The minimum absolute atomic E-state index is 0.0693. The molecule has 0 aliphatic rings. The van der Waals surface area contributed by atoms with Crippen LogP contribution in [0.15, 0.2) is 18.2 Å². The van der Waals surface area contributed by atoms with Gasteiger partial charge in [-0.3, -0.25) is 19.7 Å². The number of nitro groups is 1. The van der Waals surface area contributed by atoms with Gasteiger partial charge in [0.25, 0.3) is 11.6 Å². The summed E-state index contributed by atoms with van der Waals surface area (Å²) >= 11 is 0. The predicted molar refractivity (Wildman–Crippen MR) is 64.0 cm³/mol. The van der Waals surface area contributed by atoms with Gasteiger partial charge in [0.2, 0.25) is 0 Å². The summed E-state index contributed by atoms with van der Waals surface area (Å²) < 4.78 is 5.14. The molecular weight excluding hydrogens is 256 g/mol. The normalized spacial score (nSPS) is 9.74. The zero-order valence-corrected chi connectivity index (χ0v) is 10.1. The number of carboxylic acids is 1. The standard InChI is InChI=1S/C11H12N2O6/c1-7-4-8(13(17)18)2-3-9(7)19-6-10(14)12-5-11(15)16/h2-4H,5-6H2,1H3,(H,12,14)(H,15,16). The number of nitrogens with one attached hydrogen (secondary N) is 1. The molecule has 8 nitrogen and oxygen atoms in total. The SMILES string of the molecule is Cc1cc([N+](=O)[O-])ccc1OCC(=O)NCC(=O)O. The fraction of sp³-hybridized carbons (Fsp3) is 0.273. The molecule has 0 saturated carbocycles. The molecule has 1 aromatic carbocycles. The Balaban J connectivity index is 2.56. The van der Waals surface area contributed by atoms with Gasteiger partial charge in [0.05, 0.1) is 4.92 Å². The van der Waals surface area contributed by atoms with Gasteiger partial charge in [-0.2, -0.15) is 0 Å². The van der Waals surface area contributed by atoms with Crippen LogP contribution in [0, 0.1) is 17.0 Å². The summed E-state index contributed by atoms with van der Waals surface area (Å²) in [6, 6.07) is 3.97. The average molecular weight is 268 g/mol. The minimum atomic E-state index is -1.15. The number of ether oxygens (including phenoxy) is 1. The van der Waals surface area contributed by atoms with E-state index in [2.05, 4.69) is 5.32 Å². The molecule has 102 valence electrons. The second-order valence-corrected chi connectivity index (χ2v) is 3.67. The van der Waals surface area contributed by atoms with Gasteiger partial charge in [-0.05, 0) is 18.6 Å².